The maximum atomic E-state index is 13.5. The van der Waals surface area contributed by atoms with Crippen LogP contribution in [0.4, 0.5) is 27.1 Å². The van der Waals surface area contributed by atoms with Crippen LogP contribution in [-0.4, -0.2) is 29.9 Å². The van der Waals surface area contributed by atoms with E-state index in [1.165, 1.54) is 12.1 Å². The van der Waals surface area contributed by atoms with Crippen molar-refractivity contribution in [2.75, 3.05) is 11.9 Å². The fourth-order valence-electron chi connectivity index (χ4n) is 2.36. The minimum Gasteiger partial charge on any atom is -0.406 e. The van der Waals surface area contributed by atoms with Gasteiger partial charge in [0, 0.05) is 17.7 Å². The van der Waals surface area contributed by atoms with Crippen molar-refractivity contribution >= 4 is 32.6 Å². The standard InChI is InChI=1S/C18H14F5N3O3S/c19-10-2-1-9(12(20)5-10)7-28-8-13(24)16(27)26-17-25-14-4-3-11(6-15(14)30-17)29-18(21,22)23/h1-6,13H,7-8,24H2,(H,25,26,27)/t13-/m0/s1. The van der Waals surface area contributed by atoms with Crippen LogP contribution in [0.1, 0.15) is 5.56 Å². The first-order valence-electron chi connectivity index (χ1n) is 8.35. The summed E-state index contributed by atoms with van der Waals surface area (Å²) in [4.78, 5) is 16.2. The van der Waals surface area contributed by atoms with Crippen molar-refractivity contribution in [2.45, 2.75) is 19.0 Å². The van der Waals surface area contributed by atoms with Crippen LogP contribution < -0.4 is 15.8 Å². The lowest BCUT2D eigenvalue weighted by Gasteiger charge is -2.11. The van der Waals surface area contributed by atoms with Gasteiger partial charge in [-0.1, -0.05) is 17.4 Å². The SMILES string of the molecule is N[C@@H](COCc1ccc(F)cc1F)C(=O)Nc1nc2ccc(OC(F)(F)F)cc2s1. The number of carbonyl (C=O) groups excluding carboxylic acids is 1. The predicted octanol–water partition coefficient (Wildman–Crippen LogP) is 3.96. The van der Waals surface area contributed by atoms with Gasteiger partial charge >= 0.3 is 6.36 Å². The Morgan fingerprint density at radius 2 is 1.97 bits per heavy atom. The molecule has 0 aliphatic rings. The Kier molecular flexibility index (Phi) is 6.48. The molecule has 1 heterocycles. The number of nitrogens with zero attached hydrogens (tertiary/aromatic N) is 1. The lowest BCUT2D eigenvalue weighted by Crippen LogP contribution is -2.39. The van der Waals surface area contributed by atoms with Crippen molar-refractivity contribution in [2.24, 2.45) is 5.73 Å². The molecule has 0 aliphatic carbocycles. The van der Waals surface area contributed by atoms with E-state index in [-0.39, 0.29) is 23.9 Å². The molecule has 160 valence electrons. The fourth-order valence-corrected chi connectivity index (χ4v) is 3.26. The number of thiazole rings is 1. The summed E-state index contributed by atoms with van der Waals surface area (Å²) >= 11 is 0.935. The molecular weight excluding hydrogens is 433 g/mol. The lowest BCUT2D eigenvalue weighted by molar-refractivity contribution is -0.274. The van der Waals surface area contributed by atoms with Crippen molar-refractivity contribution in [3.63, 3.8) is 0 Å². The number of nitrogens with one attached hydrogen (secondary N) is 1. The van der Waals surface area contributed by atoms with Crippen LogP contribution in [0.25, 0.3) is 10.2 Å². The molecule has 3 N–H and O–H groups in total. The molecule has 0 saturated heterocycles. The molecule has 0 radical (unpaired) electrons. The number of fused-ring (bicyclic) bond motifs is 1. The molecule has 0 spiro atoms. The summed E-state index contributed by atoms with van der Waals surface area (Å²) in [7, 11) is 0. The van der Waals surface area contributed by atoms with Gasteiger partial charge in [0.15, 0.2) is 5.13 Å². The van der Waals surface area contributed by atoms with Crippen LogP contribution in [-0.2, 0) is 16.1 Å². The molecule has 3 aromatic rings. The van der Waals surface area contributed by atoms with Gasteiger partial charge in [0.05, 0.1) is 23.4 Å². The van der Waals surface area contributed by atoms with Crippen LogP contribution >= 0.6 is 11.3 Å². The number of hydrogen-bond acceptors (Lipinski definition) is 6. The highest BCUT2D eigenvalue weighted by Crippen LogP contribution is 2.31. The first-order valence-corrected chi connectivity index (χ1v) is 9.17. The summed E-state index contributed by atoms with van der Waals surface area (Å²) in [6.45, 7) is -0.465. The van der Waals surface area contributed by atoms with E-state index < -0.39 is 35.7 Å². The average Bonchev–Trinajstić information content (AvgIpc) is 3.03. The quantitative estimate of drug-likeness (QED) is 0.536. The average molecular weight is 447 g/mol. The number of amides is 1. The number of hydrogen-bond donors (Lipinski definition) is 2. The van der Waals surface area contributed by atoms with Crippen LogP contribution in [0.2, 0.25) is 0 Å². The number of rotatable bonds is 7. The Hall–Kier alpha value is -2.83. The van der Waals surface area contributed by atoms with Crippen molar-refractivity contribution < 1.29 is 36.2 Å². The van der Waals surface area contributed by atoms with E-state index in [0.717, 1.165) is 29.5 Å². The van der Waals surface area contributed by atoms with E-state index in [4.69, 9.17) is 10.5 Å². The molecule has 1 atom stereocenters. The third kappa shape index (κ3) is 5.84. The molecule has 2 aromatic carbocycles. The normalized spacial score (nSPS) is 12.7. The Morgan fingerprint density at radius 1 is 1.20 bits per heavy atom. The highest BCUT2D eigenvalue weighted by atomic mass is 32.1. The molecule has 0 saturated carbocycles. The van der Waals surface area contributed by atoms with Crippen molar-refractivity contribution in [3.05, 3.63) is 53.6 Å². The van der Waals surface area contributed by atoms with Gasteiger partial charge in [0.2, 0.25) is 5.91 Å². The number of halogens is 5. The fraction of sp³-hybridized carbons (Fsp3) is 0.222. The molecule has 1 aromatic heterocycles. The second-order valence-electron chi connectivity index (χ2n) is 6.04. The smallest absolute Gasteiger partial charge is 0.406 e. The lowest BCUT2D eigenvalue weighted by atomic mass is 10.2. The summed E-state index contributed by atoms with van der Waals surface area (Å²) in [6, 6.07) is 5.46. The first kappa shape index (κ1) is 21.9. The first-order chi connectivity index (χ1) is 14.1. The summed E-state index contributed by atoms with van der Waals surface area (Å²) in [5.74, 6) is -2.56. The van der Waals surface area contributed by atoms with Gasteiger partial charge in [-0.05, 0) is 18.2 Å². The van der Waals surface area contributed by atoms with E-state index in [0.29, 0.717) is 16.3 Å². The third-order valence-corrected chi connectivity index (χ3v) is 4.66. The predicted molar refractivity (Wildman–Crippen MR) is 98.9 cm³/mol. The highest BCUT2D eigenvalue weighted by molar-refractivity contribution is 7.22. The number of carbonyl (C=O) groups is 1. The zero-order valence-corrected chi connectivity index (χ0v) is 15.8. The van der Waals surface area contributed by atoms with Crippen LogP contribution in [0.15, 0.2) is 36.4 Å². The van der Waals surface area contributed by atoms with E-state index in [1.807, 2.05) is 0 Å². The second-order valence-corrected chi connectivity index (χ2v) is 7.07. The van der Waals surface area contributed by atoms with E-state index in [2.05, 4.69) is 15.0 Å². The van der Waals surface area contributed by atoms with Gasteiger partial charge < -0.3 is 20.5 Å². The van der Waals surface area contributed by atoms with Crippen LogP contribution in [0.5, 0.6) is 5.75 Å². The number of nitrogens with two attached hydrogens (primary N) is 1. The second kappa shape index (κ2) is 8.90. The molecule has 0 aliphatic heterocycles. The van der Waals surface area contributed by atoms with Gasteiger partial charge in [0.1, 0.15) is 23.4 Å². The molecule has 0 bridgehead atoms. The summed E-state index contributed by atoms with van der Waals surface area (Å²) in [5.41, 5.74) is 6.19. The number of ether oxygens (including phenoxy) is 2. The monoisotopic (exact) mass is 447 g/mol. The number of aromatic nitrogens is 1. The van der Waals surface area contributed by atoms with Gasteiger partial charge in [0.25, 0.3) is 0 Å². The van der Waals surface area contributed by atoms with Gasteiger partial charge in [-0.2, -0.15) is 0 Å². The highest BCUT2D eigenvalue weighted by Gasteiger charge is 2.31. The molecular formula is C18H14F5N3O3S. The third-order valence-electron chi connectivity index (χ3n) is 3.73. The summed E-state index contributed by atoms with van der Waals surface area (Å²) in [6.07, 6.45) is -4.82. The minimum absolute atomic E-state index is 0.104. The minimum atomic E-state index is -4.82. The molecule has 0 unspecified atom stereocenters. The van der Waals surface area contributed by atoms with Crippen molar-refractivity contribution in [1.82, 2.24) is 4.98 Å². The molecule has 0 fully saturated rings. The van der Waals surface area contributed by atoms with Gasteiger partial charge in [-0.15, -0.1) is 13.2 Å². The Morgan fingerprint density at radius 3 is 2.67 bits per heavy atom. The van der Waals surface area contributed by atoms with Crippen molar-refractivity contribution in [3.8, 4) is 5.75 Å². The van der Waals surface area contributed by atoms with E-state index in [9.17, 15) is 26.7 Å². The Balaban J connectivity index is 1.56. The Labute approximate surface area is 170 Å². The van der Waals surface area contributed by atoms with Crippen LogP contribution in [0, 0.1) is 11.6 Å². The zero-order valence-electron chi connectivity index (χ0n) is 15.0. The number of benzene rings is 2. The topological polar surface area (TPSA) is 86.5 Å². The molecule has 3 rings (SSSR count). The number of alkyl halides is 3. The molecule has 6 nitrogen and oxygen atoms in total. The van der Waals surface area contributed by atoms with E-state index in [1.54, 1.807) is 0 Å². The maximum Gasteiger partial charge on any atom is 0.573 e. The van der Waals surface area contributed by atoms with Gasteiger partial charge in [-0.3, -0.25) is 4.79 Å². The molecule has 30 heavy (non-hydrogen) atoms. The van der Waals surface area contributed by atoms with Gasteiger partial charge in [-0.25, -0.2) is 13.8 Å². The zero-order chi connectivity index (χ0) is 21.9. The largest absolute Gasteiger partial charge is 0.573 e. The summed E-state index contributed by atoms with van der Waals surface area (Å²) in [5, 5.41) is 2.57. The van der Waals surface area contributed by atoms with E-state index >= 15 is 0 Å². The van der Waals surface area contributed by atoms with Crippen molar-refractivity contribution in [1.29, 1.82) is 0 Å². The maximum absolute atomic E-state index is 13.5. The molecule has 1 amide bonds. The van der Waals surface area contributed by atoms with Crippen LogP contribution in [0.3, 0.4) is 0 Å². The molecule has 12 heteroatoms. The Bertz CT molecular complexity index is 1060. The summed E-state index contributed by atoms with van der Waals surface area (Å²) < 4.78 is 72.7. The number of anilines is 1.